The first-order valence-electron chi connectivity index (χ1n) is 5.75. The van der Waals surface area contributed by atoms with Gasteiger partial charge < -0.3 is 9.64 Å². The maximum Gasteiger partial charge on any atom is 0.224 e. The van der Waals surface area contributed by atoms with Crippen LogP contribution in [0.2, 0.25) is 10.3 Å². The number of halogens is 2. The molecule has 2 rings (SSSR count). The van der Waals surface area contributed by atoms with Crippen LogP contribution in [0.25, 0.3) is 0 Å². The van der Waals surface area contributed by atoms with Crippen molar-refractivity contribution in [1.82, 2.24) is 9.97 Å². The van der Waals surface area contributed by atoms with Crippen LogP contribution in [0.4, 0.5) is 5.82 Å². The minimum absolute atomic E-state index is 0.225. The smallest absolute Gasteiger partial charge is 0.224 e. The molecule has 1 fully saturated rings. The van der Waals surface area contributed by atoms with E-state index in [1.165, 1.54) is 6.20 Å². The first-order chi connectivity index (χ1) is 8.20. The van der Waals surface area contributed by atoms with Gasteiger partial charge in [0.1, 0.15) is 5.02 Å². The summed E-state index contributed by atoms with van der Waals surface area (Å²) in [5, 5.41) is 0.759. The highest BCUT2D eigenvalue weighted by atomic mass is 35.5. The molecule has 0 bridgehead atoms. The number of ether oxygens (including phenoxy) is 1. The number of anilines is 1. The lowest BCUT2D eigenvalue weighted by Crippen LogP contribution is -2.40. The SMILES string of the molecule is CCOC1CCCN(c2nc(Cl)ncc2Cl)C1. The van der Waals surface area contributed by atoms with E-state index >= 15 is 0 Å². The van der Waals surface area contributed by atoms with Gasteiger partial charge in [-0.2, -0.15) is 4.98 Å². The van der Waals surface area contributed by atoms with Gasteiger partial charge in [0.25, 0.3) is 0 Å². The van der Waals surface area contributed by atoms with Gasteiger partial charge in [-0.15, -0.1) is 0 Å². The van der Waals surface area contributed by atoms with Crippen molar-refractivity contribution < 1.29 is 4.74 Å². The summed E-state index contributed by atoms with van der Waals surface area (Å²) in [7, 11) is 0. The zero-order valence-electron chi connectivity index (χ0n) is 9.70. The second kappa shape index (κ2) is 5.85. The summed E-state index contributed by atoms with van der Waals surface area (Å²) in [6, 6.07) is 0. The van der Waals surface area contributed by atoms with E-state index in [2.05, 4.69) is 14.9 Å². The van der Waals surface area contributed by atoms with Gasteiger partial charge >= 0.3 is 0 Å². The lowest BCUT2D eigenvalue weighted by atomic mass is 10.1. The van der Waals surface area contributed by atoms with Crippen molar-refractivity contribution in [3.05, 3.63) is 16.5 Å². The molecule has 0 spiro atoms. The molecule has 1 unspecified atom stereocenters. The molecule has 0 saturated carbocycles. The van der Waals surface area contributed by atoms with E-state index in [1.807, 2.05) is 6.92 Å². The van der Waals surface area contributed by atoms with Crippen molar-refractivity contribution >= 4 is 29.0 Å². The number of hydrogen-bond acceptors (Lipinski definition) is 4. The molecule has 1 aliphatic heterocycles. The van der Waals surface area contributed by atoms with Crippen molar-refractivity contribution in [2.45, 2.75) is 25.9 Å². The van der Waals surface area contributed by atoms with Crippen LogP contribution in [0.3, 0.4) is 0 Å². The molecular formula is C11H15Cl2N3O. The lowest BCUT2D eigenvalue weighted by Gasteiger charge is -2.33. The molecule has 0 aromatic carbocycles. The van der Waals surface area contributed by atoms with E-state index in [0.29, 0.717) is 10.8 Å². The average Bonchev–Trinajstić information content (AvgIpc) is 2.33. The molecule has 0 amide bonds. The topological polar surface area (TPSA) is 38.2 Å². The molecule has 0 aliphatic carbocycles. The fourth-order valence-corrected chi connectivity index (χ4v) is 2.40. The minimum atomic E-state index is 0.225. The third-order valence-corrected chi connectivity index (χ3v) is 3.22. The van der Waals surface area contributed by atoms with Gasteiger partial charge in [-0.3, -0.25) is 0 Å². The highest BCUT2D eigenvalue weighted by molar-refractivity contribution is 6.33. The Balaban J connectivity index is 2.13. The van der Waals surface area contributed by atoms with Crippen LogP contribution in [0.1, 0.15) is 19.8 Å². The van der Waals surface area contributed by atoms with Gasteiger partial charge in [0.15, 0.2) is 5.82 Å². The summed E-state index contributed by atoms with van der Waals surface area (Å²) in [4.78, 5) is 10.1. The Bertz CT molecular complexity index is 387. The first kappa shape index (κ1) is 12.9. The number of aromatic nitrogens is 2. The van der Waals surface area contributed by atoms with E-state index in [1.54, 1.807) is 0 Å². The molecule has 0 N–H and O–H groups in total. The van der Waals surface area contributed by atoms with E-state index in [-0.39, 0.29) is 11.4 Å². The molecule has 1 atom stereocenters. The molecule has 6 heteroatoms. The zero-order valence-corrected chi connectivity index (χ0v) is 11.2. The zero-order chi connectivity index (χ0) is 12.3. The third-order valence-electron chi connectivity index (χ3n) is 2.78. The Hall–Kier alpha value is -0.580. The first-order valence-corrected chi connectivity index (χ1v) is 6.51. The van der Waals surface area contributed by atoms with Crippen LogP contribution in [0.15, 0.2) is 6.20 Å². The van der Waals surface area contributed by atoms with Gasteiger partial charge in [0.2, 0.25) is 5.28 Å². The monoisotopic (exact) mass is 275 g/mol. The van der Waals surface area contributed by atoms with E-state index in [0.717, 1.165) is 32.5 Å². The minimum Gasteiger partial charge on any atom is -0.377 e. The fraction of sp³-hybridized carbons (Fsp3) is 0.636. The number of hydrogen-bond donors (Lipinski definition) is 0. The largest absolute Gasteiger partial charge is 0.377 e. The number of nitrogens with zero attached hydrogens (tertiary/aromatic N) is 3. The van der Waals surface area contributed by atoms with Crippen LogP contribution < -0.4 is 4.90 Å². The molecule has 1 saturated heterocycles. The van der Waals surface area contributed by atoms with Gasteiger partial charge in [-0.1, -0.05) is 11.6 Å². The normalized spacial score (nSPS) is 20.6. The molecule has 17 heavy (non-hydrogen) atoms. The Morgan fingerprint density at radius 1 is 1.53 bits per heavy atom. The summed E-state index contributed by atoms with van der Waals surface area (Å²) in [5.74, 6) is 0.705. The molecule has 2 heterocycles. The van der Waals surface area contributed by atoms with Gasteiger partial charge in [-0.25, -0.2) is 4.98 Å². The fourth-order valence-electron chi connectivity index (χ4n) is 2.06. The van der Waals surface area contributed by atoms with Crippen LogP contribution in [-0.2, 0) is 4.74 Å². The summed E-state index contributed by atoms with van der Waals surface area (Å²) in [5.41, 5.74) is 0. The van der Waals surface area contributed by atoms with Crippen LogP contribution in [0, 0.1) is 0 Å². The van der Waals surface area contributed by atoms with Crippen LogP contribution in [0.5, 0.6) is 0 Å². The highest BCUT2D eigenvalue weighted by Crippen LogP contribution is 2.27. The van der Waals surface area contributed by atoms with E-state index in [4.69, 9.17) is 27.9 Å². The maximum absolute atomic E-state index is 6.09. The third kappa shape index (κ3) is 3.21. The van der Waals surface area contributed by atoms with E-state index in [9.17, 15) is 0 Å². The second-order valence-electron chi connectivity index (χ2n) is 3.98. The van der Waals surface area contributed by atoms with Gasteiger partial charge in [0, 0.05) is 19.7 Å². The van der Waals surface area contributed by atoms with Gasteiger partial charge in [0.05, 0.1) is 12.3 Å². The molecule has 1 aromatic heterocycles. The Kier molecular flexibility index (Phi) is 4.42. The summed E-state index contributed by atoms with van der Waals surface area (Å²) in [6.45, 7) is 4.47. The Morgan fingerprint density at radius 3 is 3.12 bits per heavy atom. The maximum atomic E-state index is 6.09. The summed E-state index contributed by atoms with van der Waals surface area (Å²) in [6.07, 6.45) is 3.94. The molecule has 1 aromatic rings. The van der Waals surface area contributed by atoms with Crippen molar-refractivity contribution in [2.75, 3.05) is 24.6 Å². The highest BCUT2D eigenvalue weighted by Gasteiger charge is 2.23. The lowest BCUT2D eigenvalue weighted by molar-refractivity contribution is 0.0525. The molecule has 4 nitrogen and oxygen atoms in total. The predicted octanol–water partition coefficient (Wildman–Crippen LogP) is 2.79. The predicted molar refractivity (Wildman–Crippen MR) is 68.9 cm³/mol. The van der Waals surface area contributed by atoms with Crippen molar-refractivity contribution in [3.63, 3.8) is 0 Å². The summed E-state index contributed by atoms with van der Waals surface area (Å²) < 4.78 is 5.64. The average molecular weight is 276 g/mol. The molecular weight excluding hydrogens is 261 g/mol. The van der Waals surface area contributed by atoms with Crippen LogP contribution >= 0.6 is 23.2 Å². The van der Waals surface area contributed by atoms with Crippen molar-refractivity contribution in [2.24, 2.45) is 0 Å². The van der Waals surface area contributed by atoms with Gasteiger partial charge in [-0.05, 0) is 31.4 Å². The van der Waals surface area contributed by atoms with Crippen molar-refractivity contribution in [1.29, 1.82) is 0 Å². The standard InChI is InChI=1S/C11H15Cl2N3O/c1-2-17-8-4-3-5-16(7-8)10-9(12)6-14-11(13)15-10/h6,8H,2-5,7H2,1H3. The van der Waals surface area contributed by atoms with E-state index < -0.39 is 0 Å². The van der Waals surface area contributed by atoms with Crippen molar-refractivity contribution in [3.8, 4) is 0 Å². The molecule has 0 radical (unpaired) electrons. The second-order valence-corrected chi connectivity index (χ2v) is 4.72. The number of rotatable bonds is 3. The Labute approximate surface area is 111 Å². The molecule has 94 valence electrons. The van der Waals surface area contributed by atoms with Crippen LogP contribution in [-0.4, -0.2) is 35.8 Å². The number of piperidine rings is 1. The molecule has 1 aliphatic rings. The Morgan fingerprint density at radius 2 is 2.35 bits per heavy atom. The quantitative estimate of drug-likeness (QED) is 0.796. The summed E-state index contributed by atoms with van der Waals surface area (Å²) >= 11 is 11.9.